The van der Waals surface area contributed by atoms with E-state index < -0.39 is 0 Å². The number of ether oxygens (including phenoxy) is 1. The Labute approximate surface area is 145 Å². The Morgan fingerprint density at radius 3 is 2.08 bits per heavy atom. The van der Waals surface area contributed by atoms with Crippen LogP contribution in [-0.4, -0.2) is 98.0 Å². The Balaban J connectivity index is 1.31. The van der Waals surface area contributed by atoms with Gasteiger partial charge in [-0.1, -0.05) is 30.3 Å². The second-order valence-electron chi connectivity index (χ2n) is 6.94. The van der Waals surface area contributed by atoms with Crippen LogP contribution in [0.25, 0.3) is 0 Å². The van der Waals surface area contributed by atoms with Gasteiger partial charge in [-0.15, -0.1) is 0 Å². The largest absolute Gasteiger partial charge is 0.390 e. The van der Waals surface area contributed by atoms with Crippen LogP contribution in [0.3, 0.4) is 0 Å². The highest BCUT2D eigenvalue weighted by Crippen LogP contribution is 2.07. The summed E-state index contributed by atoms with van der Waals surface area (Å²) < 4.78 is 5.36. The molecule has 5 heteroatoms. The van der Waals surface area contributed by atoms with Gasteiger partial charge in [0.05, 0.1) is 19.3 Å². The molecule has 134 valence electrons. The molecule has 1 N–H and O–H groups in total. The molecule has 0 amide bonds. The van der Waals surface area contributed by atoms with Crippen LogP contribution < -0.4 is 0 Å². The lowest BCUT2D eigenvalue weighted by Gasteiger charge is -2.36. The van der Waals surface area contributed by atoms with E-state index >= 15 is 0 Å². The van der Waals surface area contributed by atoms with Gasteiger partial charge >= 0.3 is 0 Å². The molecule has 0 aliphatic carbocycles. The molecule has 2 heterocycles. The Hall–Kier alpha value is -0.980. The van der Waals surface area contributed by atoms with Crippen molar-refractivity contribution in [2.45, 2.75) is 12.5 Å². The summed E-state index contributed by atoms with van der Waals surface area (Å²) in [7, 11) is 0. The molecule has 0 radical (unpaired) electrons. The molecule has 2 saturated heterocycles. The SMILES string of the molecule is OC(CN1CCOCC1)CN1CCN(CCc2ccccc2)CC1. The van der Waals surface area contributed by atoms with E-state index in [-0.39, 0.29) is 6.10 Å². The number of rotatable bonds is 7. The Morgan fingerprint density at radius 2 is 1.42 bits per heavy atom. The van der Waals surface area contributed by atoms with E-state index in [1.165, 1.54) is 5.56 Å². The van der Waals surface area contributed by atoms with Crippen molar-refractivity contribution in [1.82, 2.24) is 14.7 Å². The van der Waals surface area contributed by atoms with Gasteiger partial charge < -0.3 is 14.7 Å². The van der Waals surface area contributed by atoms with E-state index in [9.17, 15) is 5.11 Å². The third kappa shape index (κ3) is 5.83. The molecule has 1 atom stereocenters. The predicted molar refractivity (Wildman–Crippen MR) is 96.3 cm³/mol. The monoisotopic (exact) mass is 333 g/mol. The fraction of sp³-hybridized carbons (Fsp3) is 0.684. The summed E-state index contributed by atoms with van der Waals surface area (Å²) in [6.07, 6.45) is 0.875. The molecule has 24 heavy (non-hydrogen) atoms. The summed E-state index contributed by atoms with van der Waals surface area (Å²) in [4.78, 5) is 7.26. The van der Waals surface area contributed by atoms with Crippen LogP contribution in [0, 0.1) is 0 Å². The highest BCUT2D eigenvalue weighted by molar-refractivity contribution is 5.14. The zero-order valence-corrected chi connectivity index (χ0v) is 14.6. The molecule has 1 aromatic rings. The molecule has 5 nitrogen and oxygen atoms in total. The smallest absolute Gasteiger partial charge is 0.0793 e. The molecule has 2 aliphatic rings. The number of aliphatic hydroxyl groups excluding tert-OH is 1. The van der Waals surface area contributed by atoms with Gasteiger partial charge in [0.1, 0.15) is 0 Å². The summed E-state index contributed by atoms with van der Waals surface area (Å²) in [5.41, 5.74) is 1.42. The van der Waals surface area contributed by atoms with Gasteiger partial charge in [0.15, 0.2) is 0 Å². The van der Waals surface area contributed by atoms with Gasteiger partial charge in [-0.25, -0.2) is 0 Å². The van der Waals surface area contributed by atoms with Gasteiger partial charge in [0.2, 0.25) is 0 Å². The fourth-order valence-corrected chi connectivity index (χ4v) is 3.56. The van der Waals surface area contributed by atoms with Crippen molar-refractivity contribution in [2.24, 2.45) is 0 Å². The molecule has 2 aliphatic heterocycles. The molecule has 0 saturated carbocycles. The van der Waals surface area contributed by atoms with Crippen molar-refractivity contribution in [3.63, 3.8) is 0 Å². The molecule has 1 unspecified atom stereocenters. The minimum absolute atomic E-state index is 0.251. The molecule has 3 rings (SSSR count). The first kappa shape index (κ1) is 17.8. The summed E-state index contributed by atoms with van der Waals surface area (Å²) in [5, 5.41) is 10.3. The summed E-state index contributed by atoms with van der Waals surface area (Å²) in [6.45, 7) is 10.5. The maximum atomic E-state index is 10.3. The molecule has 0 bridgehead atoms. The first-order chi connectivity index (χ1) is 11.8. The Kier molecular flexibility index (Phi) is 7.05. The van der Waals surface area contributed by atoms with E-state index in [2.05, 4.69) is 45.0 Å². The molecule has 0 spiro atoms. The lowest BCUT2D eigenvalue weighted by molar-refractivity contribution is 0.00255. The second kappa shape index (κ2) is 9.49. The number of hydrogen-bond acceptors (Lipinski definition) is 5. The normalized spacial score (nSPS) is 22.5. The van der Waals surface area contributed by atoms with E-state index in [4.69, 9.17) is 4.74 Å². The lowest BCUT2D eigenvalue weighted by atomic mass is 10.1. The van der Waals surface area contributed by atoms with Crippen LogP contribution in [0.4, 0.5) is 0 Å². The minimum Gasteiger partial charge on any atom is -0.390 e. The van der Waals surface area contributed by atoms with Crippen molar-refractivity contribution >= 4 is 0 Å². The van der Waals surface area contributed by atoms with E-state index in [1.807, 2.05) is 0 Å². The zero-order chi connectivity index (χ0) is 16.6. The van der Waals surface area contributed by atoms with E-state index in [0.717, 1.165) is 78.5 Å². The topological polar surface area (TPSA) is 39.2 Å². The second-order valence-corrected chi connectivity index (χ2v) is 6.94. The van der Waals surface area contributed by atoms with Crippen molar-refractivity contribution in [3.8, 4) is 0 Å². The fourth-order valence-electron chi connectivity index (χ4n) is 3.56. The number of benzene rings is 1. The minimum atomic E-state index is -0.251. The van der Waals surface area contributed by atoms with Gasteiger partial charge in [-0.05, 0) is 12.0 Å². The van der Waals surface area contributed by atoms with Crippen molar-refractivity contribution in [3.05, 3.63) is 35.9 Å². The van der Waals surface area contributed by atoms with Crippen molar-refractivity contribution in [2.75, 3.05) is 72.1 Å². The summed E-state index contributed by atoms with van der Waals surface area (Å²) in [6, 6.07) is 10.7. The maximum absolute atomic E-state index is 10.3. The zero-order valence-electron chi connectivity index (χ0n) is 14.6. The average molecular weight is 333 g/mol. The van der Waals surface area contributed by atoms with Gasteiger partial charge in [-0.2, -0.15) is 0 Å². The van der Waals surface area contributed by atoms with Gasteiger partial charge in [0.25, 0.3) is 0 Å². The van der Waals surface area contributed by atoms with Crippen LogP contribution in [0.1, 0.15) is 5.56 Å². The van der Waals surface area contributed by atoms with Crippen molar-refractivity contribution < 1.29 is 9.84 Å². The standard InChI is InChI=1S/C19H31N3O2/c23-19(17-22-12-14-24-15-13-22)16-21-10-8-20(9-11-21)7-6-18-4-2-1-3-5-18/h1-5,19,23H,6-17H2. The number of β-amino-alcohol motifs (C(OH)–C–C–N with tert-alkyl or cyclic N) is 1. The number of nitrogens with zero attached hydrogens (tertiary/aromatic N) is 3. The highest BCUT2D eigenvalue weighted by Gasteiger charge is 2.21. The summed E-state index contributed by atoms with van der Waals surface area (Å²) in [5.74, 6) is 0. The Bertz CT molecular complexity index is 457. The van der Waals surface area contributed by atoms with Crippen LogP contribution in [0.5, 0.6) is 0 Å². The summed E-state index contributed by atoms with van der Waals surface area (Å²) >= 11 is 0. The lowest BCUT2D eigenvalue weighted by Crippen LogP contribution is -2.51. The van der Waals surface area contributed by atoms with E-state index in [1.54, 1.807) is 0 Å². The van der Waals surface area contributed by atoms with Crippen molar-refractivity contribution in [1.29, 1.82) is 0 Å². The number of aliphatic hydroxyl groups is 1. The molecular weight excluding hydrogens is 302 g/mol. The Morgan fingerprint density at radius 1 is 0.833 bits per heavy atom. The van der Waals surface area contributed by atoms with E-state index in [0.29, 0.717) is 0 Å². The third-order valence-electron chi connectivity index (χ3n) is 5.07. The first-order valence-corrected chi connectivity index (χ1v) is 9.26. The third-order valence-corrected chi connectivity index (χ3v) is 5.07. The van der Waals surface area contributed by atoms with Crippen LogP contribution in [0.2, 0.25) is 0 Å². The molecule has 0 aromatic heterocycles. The molecule has 2 fully saturated rings. The molecular formula is C19H31N3O2. The van der Waals surface area contributed by atoms with Crippen LogP contribution >= 0.6 is 0 Å². The molecule has 1 aromatic carbocycles. The van der Waals surface area contributed by atoms with Crippen LogP contribution in [0.15, 0.2) is 30.3 Å². The van der Waals surface area contributed by atoms with Gasteiger partial charge in [-0.3, -0.25) is 9.80 Å². The number of hydrogen-bond donors (Lipinski definition) is 1. The van der Waals surface area contributed by atoms with Gasteiger partial charge in [0, 0.05) is 58.9 Å². The number of piperazine rings is 1. The van der Waals surface area contributed by atoms with Crippen LogP contribution in [-0.2, 0) is 11.2 Å². The first-order valence-electron chi connectivity index (χ1n) is 9.26. The average Bonchev–Trinajstić information content (AvgIpc) is 2.63. The quantitative estimate of drug-likeness (QED) is 0.789. The highest BCUT2D eigenvalue weighted by atomic mass is 16.5. The number of morpholine rings is 1. The predicted octanol–water partition coefficient (Wildman–Crippen LogP) is 0.540. The maximum Gasteiger partial charge on any atom is 0.0793 e.